The Kier molecular flexibility index (Phi) is 3.57. The monoisotopic (exact) mass is 337 g/mol. The SMILES string of the molecule is O=C1C[C@H](c2cccc(Cn3cccn3)c2)c2c(n[nH]c2C(=O)O)N1. The minimum absolute atomic E-state index is 0.0116. The molecule has 0 fully saturated rings. The molecule has 0 aliphatic carbocycles. The zero-order valence-corrected chi connectivity index (χ0v) is 13.1. The molecular formula is C17H15N5O3. The number of fused-ring (bicyclic) bond motifs is 1. The van der Waals surface area contributed by atoms with Gasteiger partial charge in [-0.2, -0.15) is 10.2 Å². The highest BCUT2D eigenvalue weighted by Gasteiger charge is 2.33. The summed E-state index contributed by atoms with van der Waals surface area (Å²) in [5, 5.41) is 22.7. The van der Waals surface area contributed by atoms with Gasteiger partial charge < -0.3 is 10.4 Å². The predicted molar refractivity (Wildman–Crippen MR) is 88.4 cm³/mol. The summed E-state index contributed by atoms with van der Waals surface area (Å²) < 4.78 is 1.80. The van der Waals surface area contributed by atoms with E-state index in [1.807, 2.05) is 36.5 Å². The number of carbonyl (C=O) groups excluding carboxylic acids is 1. The summed E-state index contributed by atoms with van der Waals surface area (Å²) in [5.74, 6) is -1.34. The second-order valence-corrected chi connectivity index (χ2v) is 5.92. The van der Waals surface area contributed by atoms with Crippen LogP contribution in [0.25, 0.3) is 0 Å². The molecule has 1 aromatic carbocycles. The van der Waals surface area contributed by atoms with Crippen molar-refractivity contribution in [1.29, 1.82) is 0 Å². The van der Waals surface area contributed by atoms with Gasteiger partial charge in [-0.15, -0.1) is 0 Å². The molecule has 3 aromatic rings. The molecule has 1 amide bonds. The number of hydrogen-bond acceptors (Lipinski definition) is 4. The fourth-order valence-electron chi connectivity index (χ4n) is 3.19. The van der Waals surface area contributed by atoms with Crippen molar-refractivity contribution in [1.82, 2.24) is 20.0 Å². The van der Waals surface area contributed by atoms with Gasteiger partial charge in [0.1, 0.15) is 5.69 Å². The first kappa shape index (κ1) is 15.1. The maximum Gasteiger partial charge on any atom is 0.354 e. The maximum atomic E-state index is 12.0. The van der Waals surface area contributed by atoms with E-state index < -0.39 is 5.97 Å². The Balaban J connectivity index is 1.74. The summed E-state index contributed by atoms with van der Waals surface area (Å²) >= 11 is 0. The zero-order chi connectivity index (χ0) is 17.4. The van der Waals surface area contributed by atoms with E-state index in [0.29, 0.717) is 12.1 Å². The molecule has 3 heterocycles. The average molecular weight is 337 g/mol. The number of carbonyl (C=O) groups is 2. The molecule has 126 valence electrons. The summed E-state index contributed by atoms with van der Waals surface area (Å²) in [7, 11) is 0. The quantitative estimate of drug-likeness (QED) is 0.672. The Morgan fingerprint density at radius 1 is 1.36 bits per heavy atom. The van der Waals surface area contributed by atoms with Gasteiger partial charge in [-0.25, -0.2) is 4.79 Å². The van der Waals surface area contributed by atoms with Gasteiger partial charge >= 0.3 is 5.97 Å². The third-order valence-electron chi connectivity index (χ3n) is 4.27. The Hall–Kier alpha value is -3.42. The van der Waals surface area contributed by atoms with Crippen LogP contribution in [0.5, 0.6) is 0 Å². The van der Waals surface area contributed by atoms with Crippen LogP contribution in [0, 0.1) is 0 Å². The lowest BCUT2D eigenvalue weighted by molar-refractivity contribution is -0.116. The summed E-state index contributed by atoms with van der Waals surface area (Å²) in [6.07, 6.45) is 3.77. The second-order valence-electron chi connectivity index (χ2n) is 5.92. The van der Waals surface area contributed by atoms with Gasteiger partial charge in [0, 0.05) is 30.3 Å². The summed E-state index contributed by atoms with van der Waals surface area (Å²) in [5.41, 5.74) is 2.43. The summed E-state index contributed by atoms with van der Waals surface area (Å²) in [6.45, 7) is 0.601. The van der Waals surface area contributed by atoms with Crippen molar-refractivity contribution in [3.8, 4) is 0 Å². The van der Waals surface area contributed by atoms with E-state index in [9.17, 15) is 14.7 Å². The number of carboxylic acids is 1. The van der Waals surface area contributed by atoms with Crippen molar-refractivity contribution in [2.45, 2.75) is 18.9 Å². The van der Waals surface area contributed by atoms with Crippen LogP contribution in [-0.2, 0) is 11.3 Å². The number of amides is 1. The van der Waals surface area contributed by atoms with Crippen LogP contribution in [-0.4, -0.2) is 37.0 Å². The predicted octanol–water partition coefficient (Wildman–Crippen LogP) is 1.83. The van der Waals surface area contributed by atoms with Crippen molar-refractivity contribution >= 4 is 17.7 Å². The third kappa shape index (κ3) is 2.78. The Labute approximate surface area is 142 Å². The van der Waals surface area contributed by atoms with E-state index in [2.05, 4.69) is 20.6 Å². The Morgan fingerprint density at radius 3 is 3.00 bits per heavy atom. The number of aromatic carboxylic acids is 1. The summed E-state index contributed by atoms with van der Waals surface area (Å²) in [4.78, 5) is 23.5. The van der Waals surface area contributed by atoms with Gasteiger partial charge in [0.25, 0.3) is 0 Å². The fraction of sp³-hybridized carbons (Fsp3) is 0.176. The molecule has 0 spiro atoms. The van der Waals surface area contributed by atoms with E-state index in [-0.39, 0.29) is 29.8 Å². The highest BCUT2D eigenvalue weighted by atomic mass is 16.4. The highest BCUT2D eigenvalue weighted by Crippen LogP contribution is 2.38. The second kappa shape index (κ2) is 5.90. The highest BCUT2D eigenvalue weighted by molar-refractivity contribution is 5.98. The zero-order valence-electron chi connectivity index (χ0n) is 13.1. The van der Waals surface area contributed by atoms with Gasteiger partial charge in [0.15, 0.2) is 5.82 Å². The molecule has 0 saturated carbocycles. The minimum atomic E-state index is -1.09. The van der Waals surface area contributed by atoms with Gasteiger partial charge in [-0.05, 0) is 17.2 Å². The molecule has 1 aliphatic heterocycles. The molecule has 0 unspecified atom stereocenters. The number of hydrogen-bond donors (Lipinski definition) is 3. The van der Waals surface area contributed by atoms with Crippen LogP contribution in [0.15, 0.2) is 42.7 Å². The maximum absolute atomic E-state index is 12.0. The number of aromatic nitrogens is 4. The molecule has 4 rings (SSSR count). The largest absolute Gasteiger partial charge is 0.477 e. The third-order valence-corrected chi connectivity index (χ3v) is 4.27. The van der Waals surface area contributed by atoms with Gasteiger partial charge in [0.2, 0.25) is 5.91 Å². The molecule has 3 N–H and O–H groups in total. The van der Waals surface area contributed by atoms with E-state index in [0.717, 1.165) is 11.1 Å². The Morgan fingerprint density at radius 2 is 2.24 bits per heavy atom. The fourth-order valence-corrected chi connectivity index (χ4v) is 3.19. The molecule has 1 atom stereocenters. The lowest BCUT2D eigenvalue weighted by atomic mass is 9.85. The molecule has 0 saturated heterocycles. The standard InChI is InChI=1S/C17H15N5O3/c23-13-8-12(14-15(17(24)25)20-21-16(14)19-13)11-4-1-3-10(7-11)9-22-6-2-5-18-22/h1-7,12H,8-9H2,(H,24,25)(H2,19,20,21,23)/t12-/m1/s1. The normalized spacial score (nSPS) is 16.3. The first-order chi connectivity index (χ1) is 12.1. The van der Waals surface area contributed by atoms with Gasteiger partial charge in [-0.1, -0.05) is 24.3 Å². The number of anilines is 1. The Bertz CT molecular complexity index is 945. The van der Waals surface area contributed by atoms with Crippen LogP contribution in [0.1, 0.15) is 39.5 Å². The van der Waals surface area contributed by atoms with Crippen molar-refractivity contribution in [2.24, 2.45) is 0 Å². The molecule has 0 bridgehead atoms. The van der Waals surface area contributed by atoms with Gasteiger partial charge in [0.05, 0.1) is 6.54 Å². The first-order valence-electron chi connectivity index (χ1n) is 7.79. The number of carboxylic acid groups (broad SMARTS) is 1. The summed E-state index contributed by atoms with van der Waals surface area (Å²) in [6, 6.07) is 9.61. The van der Waals surface area contributed by atoms with Crippen LogP contribution >= 0.6 is 0 Å². The van der Waals surface area contributed by atoms with E-state index in [1.54, 1.807) is 10.9 Å². The lowest BCUT2D eigenvalue weighted by Crippen LogP contribution is -2.24. The van der Waals surface area contributed by atoms with Crippen LogP contribution in [0.2, 0.25) is 0 Å². The lowest BCUT2D eigenvalue weighted by Gasteiger charge is -2.23. The molecule has 8 nitrogen and oxygen atoms in total. The average Bonchev–Trinajstić information content (AvgIpc) is 3.23. The molecule has 0 radical (unpaired) electrons. The molecule has 25 heavy (non-hydrogen) atoms. The van der Waals surface area contributed by atoms with E-state index >= 15 is 0 Å². The number of benzene rings is 1. The van der Waals surface area contributed by atoms with E-state index in [1.165, 1.54) is 0 Å². The first-order valence-corrected chi connectivity index (χ1v) is 7.79. The number of aromatic amines is 1. The van der Waals surface area contributed by atoms with E-state index in [4.69, 9.17) is 0 Å². The van der Waals surface area contributed by atoms with Crippen molar-refractivity contribution in [3.63, 3.8) is 0 Å². The number of nitrogens with one attached hydrogen (secondary N) is 2. The number of rotatable bonds is 4. The van der Waals surface area contributed by atoms with Crippen LogP contribution < -0.4 is 5.32 Å². The molecular weight excluding hydrogens is 322 g/mol. The van der Waals surface area contributed by atoms with Crippen LogP contribution in [0.3, 0.4) is 0 Å². The van der Waals surface area contributed by atoms with Crippen molar-refractivity contribution in [2.75, 3.05) is 5.32 Å². The van der Waals surface area contributed by atoms with Crippen molar-refractivity contribution in [3.05, 3.63) is 65.1 Å². The van der Waals surface area contributed by atoms with Crippen molar-refractivity contribution < 1.29 is 14.7 Å². The minimum Gasteiger partial charge on any atom is -0.477 e. The smallest absolute Gasteiger partial charge is 0.354 e. The molecule has 8 heteroatoms. The topological polar surface area (TPSA) is 113 Å². The molecule has 1 aliphatic rings. The number of H-pyrrole nitrogens is 1. The van der Waals surface area contributed by atoms with Gasteiger partial charge in [-0.3, -0.25) is 14.6 Å². The number of nitrogens with zero attached hydrogens (tertiary/aromatic N) is 3. The van der Waals surface area contributed by atoms with Crippen LogP contribution in [0.4, 0.5) is 5.82 Å². The molecule has 2 aromatic heterocycles.